The molecule has 0 N–H and O–H groups in total. The maximum atomic E-state index is 10.7. The molecule has 0 bridgehead atoms. The van der Waals surface area contributed by atoms with Crippen LogP contribution in [0.4, 0.5) is 0 Å². The number of carbonyl (C=O) groups is 2. The molecule has 18 heavy (non-hydrogen) atoms. The Kier molecular flexibility index (Phi) is 7.73. The van der Waals surface area contributed by atoms with E-state index in [0.717, 1.165) is 0 Å². The van der Waals surface area contributed by atoms with Gasteiger partial charge in [0.05, 0.1) is 0 Å². The fraction of sp³-hybridized carbons (Fsp3) is 0.750. The molecule has 0 atom stereocenters. The van der Waals surface area contributed by atoms with Crippen LogP contribution in [0.3, 0.4) is 0 Å². The third-order valence-corrected chi connectivity index (χ3v) is 1.86. The Labute approximate surface area is 101 Å². The van der Waals surface area contributed by atoms with Crippen molar-refractivity contribution < 1.29 is 29.4 Å². The maximum Gasteiger partial charge on any atom is 0.303 e. The van der Waals surface area contributed by atoms with E-state index in [-0.39, 0.29) is 12.8 Å². The second-order valence-electron chi connectivity index (χ2n) is 3.29. The molecule has 10 nitrogen and oxygen atoms in total. The highest BCUT2D eigenvalue weighted by atomic mass is 17.0. The van der Waals surface area contributed by atoms with Crippen LogP contribution in [-0.2, 0) is 19.3 Å². The topological polar surface area (TPSA) is 139 Å². The second kappa shape index (κ2) is 8.84. The van der Waals surface area contributed by atoms with E-state index in [1.807, 2.05) is 0 Å². The monoisotopic (exact) mass is 264 g/mol. The van der Waals surface area contributed by atoms with Crippen molar-refractivity contribution in [2.75, 3.05) is 0 Å². The van der Waals surface area contributed by atoms with Gasteiger partial charge in [0.1, 0.15) is 0 Å². The summed E-state index contributed by atoms with van der Waals surface area (Å²) < 4.78 is 0. The Morgan fingerprint density at radius 1 is 0.778 bits per heavy atom. The van der Waals surface area contributed by atoms with Crippen molar-refractivity contribution in [3.63, 3.8) is 0 Å². The predicted molar refractivity (Wildman–Crippen MR) is 53.9 cm³/mol. The zero-order valence-electron chi connectivity index (χ0n) is 9.40. The van der Waals surface area contributed by atoms with Crippen LogP contribution in [-0.4, -0.2) is 22.1 Å². The second-order valence-corrected chi connectivity index (χ2v) is 3.29. The molecule has 0 aliphatic rings. The summed E-state index contributed by atoms with van der Waals surface area (Å²) in [7, 11) is 0. The van der Waals surface area contributed by atoms with Crippen LogP contribution in [0.2, 0.25) is 0 Å². The van der Waals surface area contributed by atoms with Crippen molar-refractivity contribution in [1.82, 2.24) is 0 Å². The minimum Gasteiger partial charge on any atom is -0.268 e. The van der Waals surface area contributed by atoms with E-state index in [9.17, 15) is 29.8 Å². The van der Waals surface area contributed by atoms with E-state index in [1.54, 1.807) is 0 Å². The van der Waals surface area contributed by atoms with Crippen molar-refractivity contribution in [3.05, 3.63) is 20.2 Å². The molecule has 0 saturated carbocycles. The predicted octanol–water partition coefficient (Wildman–Crippen LogP) is 0.797. The van der Waals surface area contributed by atoms with Gasteiger partial charge in [0, 0.05) is 12.8 Å². The Bertz CT molecular complexity index is 297. The highest BCUT2D eigenvalue weighted by molar-refractivity contribution is 5.68. The van der Waals surface area contributed by atoms with Gasteiger partial charge in [0.2, 0.25) is 0 Å². The number of rotatable bonds is 9. The molecule has 10 heteroatoms. The summed E-state index contributed by atoms with van der Waals surface area (Å²) in [6.45, 7) is 0. The van der Waals surface area contributed by atoms with E-state index in [2.05, 4.69) is 9.68 Å². The average Bonchev–Trinajstić information content (AvgIpc) is 2.20. The molecule has 0 heterocycles. The van der Waals surface area contributed by atoms with Crippen molar-refractivity contribution in [2.24, 2.45) is 0 Å². The first-order chi connectivity index (χ1) is 8.41. The standard InChI is InChI=1S/C8H12N2O8/c11-7(17-9(13)14)5-3-1-2-4-6-8(12)18-10(15)16/h1-6H2. The van der Waals surface area contributed by atoms with Crippen LogP contribution in [0.25, 0.3) is 0 Å². The molecular weight excluding hydrogens is 252 g/mol. The zero-order valence-corrected chi connectivity index (χ0v) is 9.40. The lowest BCUT2D eigenvalue weighted by Crippen LogP contribution is -2.10. The first-order valence-corrected chi connectivity index (χ1v) is 5.12. The molecule has 0 aromatic rings. The Morgan fingerprint density at radius 2 is 1.11 bits per heavy atom. The fourth-order valence-electron chi connectivity index (χ4n) is 1.15. The summed E-state index contributed by atoms with van der Waals surface area (Å²) in [6.07, 6.45) is 1.71. The molecule has 0 unspecified atom stereocenters. The van der Waals surface area contributed by atoms with Gasteiger partial charge in [-0.05, 0) is 12.8 Å². The summed E-state index contributed by atoms with van der Waals surface area (Å²) in [6, 6.07) is 0. The third kappa shape index (κ3) is 10.3. The summed E-state index contributed by atoms with van der Waals surface area (Å²) in [5.41, 5.74) is 0. The highest BCUT2D eigenvalue weighted by Gasteiger charge is 2.08. The third-order valence-electron chi connectivity index (χ3n) is 1.86. The summed E-state index contributed by atoms with van der Waals surface area (Å²) in [5, 5.41) is 17.2. The summed E-state index contributed by atoms with van der Waals surface area (Å²) in [5.74, 6) is -1.85. The summed E-state index contributed by atoms with van der Waals surface area (Å²) >= 11 is 0. The normalized spacial score (nSPS) is 9.56. The van der Waals surface area contributed by atoms with Crippen LogP contribution in [0.15, 0.2) is 0 Å². The molecule has 102 valence electrons. The van der Waals surface area contributed by atoms with Gasteiger partial charge in [-0.15, -0.1) is 20.2 Å². The first-order valence-electron chi connectivity index (χ1n) is 5.12. The van der Waals surface area contributed by atoms with Crippen LogP contribution in [0, 0.1) is 20.2 Å². The lowest BCUT2D eigenvalue weighted by molar-refractivity contribution is -0.729. The Balaban J connectivity index is 3.41. The smallest absolute Gasteiger partial charge is 0.268 e. The molecule has 0 rings (SSSR count). The van der Waals surface area contributed by atoms with Gasteiger partial charge in [-0.25, -0.2) is 9.68 Å². The lowest BCUT2D eigenvalue weighted by Gasteiger charge is -2.00. The van der Waals surface area contributed by atoms with Crippen LogP contribution in [0.1, 0.15) is 38.5 Å². The molecule has 0 radical (unpaired) electrons. The van der Waals surface area contributed by atoms with Crippen molar-refractivity contribution in [2.45, 2.75) is 38.5 Å². The molecule has 0 saturated heterocycles. The molecule has 0 fully saturated rings. The highest BCUT2D eigenvalue weighted by Crippen LogP contribution is 2.07. The van der Waals surface area contributed by atoms with Crippen LogP contribution in [0.5, 0.6) is 0 Å². The van der Waals surface area contributed by atoms with Gasteiger partial charge < -0.3 is 0 Å². The first kappa shape index (κ1) is 15.7. The number of nitrogens with zero attached hydrogens (tertiary/aromatic N) is 2. The number of carbonyl (C=O) groups excluding carboxylic acids is 2. The molecule has 0 aromatic carbocycles. The molecule has 0 aliphatic carbocycles. The van der Waals surface area contributed by atoms with E-state index in [0.29, 0.717) is 25.7 Å². The average molecular weight is 264 g/mol. The molecular formula is C8H12N2O8. The minimum absolute atomic E-state index is 0.0830. The number of unbranched alkanes of at least 4 members (excludes halogenated alkanes) is 3. The molecule has 0 amide bonds. The van der Waals surface area contributed by atoms with Crippen molar-refractivity contribution >= 4 is 11.9 Å². The quantitative estimate of drug-likeness (QED) is 0.338. The van der Waals surface area contributed by atoms with Gasteiger partial charge in [0.15, 0.2) is 0 Å². The van der Waals surface area contributed by atoms with E-state index >= 15 is 0 Å². The van der Waals surface area contributed by atoms with Gasteiger partial charge in [-0.1, -0.05) is 12.8 Å². The van der Waals surface area contributed by atoms with Crippen molar-refractivity contribution in [3.8, 4) is 0 Å². The van der Waals surface area contributed by atoms with Gasteiger partial charge in [-0.2, -0.15) is 0 Å². The SMILES string of the molecule is O=C(CCCCCCC(=O)O[N+](=O)[O-])O[N+](=O)[O-]. The Morgan fingerprint density at radius 3 is 1.39 bits per heavy atom. The van der Waals surface area contributed by atoms with Crippen LogP contribution >= 0.6 is 0 Å². The molecule has 0 aliphatic heterocycles. The molecule has 0 spiro atoms. The van der Waals surface area contributed by atoms with Gasteiger partial charge in [0.25, 0.3) is 0 Å². The van der Waals surface area contributed by atoms with E-state index in [1.165, 1.54) is 0 Å². The lowest BCUT2D eigenvalue weighted by atomic mass is 10.1. The van der Waals surface area contributed by atoms with E-state index < -0.39 is 22.1 Å². The molecule has 0 aromatic heterocycles. The fourth-order valence-corrected chi connectivity index (χ4v) is 1.15. The maximum absolute atomic E-state index is 10.7. The van der Waals surface area contributed by atoms with Gasteiger partial charge in [-0.3, -0.25) is 9.59 Å². The zero-order chi connectivity index (χ0) is 14.0. The van der Waals surface area contributed by atoms with Crippen molar-refractivity contribution in [1.29, 1.82) is 0 Å². The number of hydrogen-bond acceptors (Lipinski definition) is 8. The largest absolute Gasteiger partial charge is 0.303 e. The summed E-state index contributed by atoms with van der Waals surface area (Å²) in [4.78, 5) is 48.3. The number of hydrogen-bond donors (Lipinski definition) is 0. The van der Waals surface area contributed by atoms with Gasteiger partial charge >= 0.3 is 22.1 Å². The van der Waals surface area contributed by atoms with E-state index in [4.69, 9.17) is 0 Å². The minimum atomic E-state index is -1.17. The Hall–Kier alpha value is -2.26. The van der Waals surface area contributed by atoms with Crippen LogP contribution < -0.4 is 0 Å².